The molecule has 1 saturated heterocycles. The van der Waals surface area contributed by atoms with E-state index in [-0.39, 0.29) is 5.82 Å². The van der Waals surface area contributed by atoms with Crippen LogP contribution in [0.4, 0.5) is 23.2 Å². The second-order valence-corrected chi connectivity index (χ2v) is 7.22. The smallest absolute Gasteiger partial charge is 0.366 e. The van der Waals surface area contributed by atoms with Crippen molar-refractivity contribution in [2.75, 3.05) is 44.7 Å². The Kier molecular flexibility index (Phi) is 6.38. The fourth-order valence-corrected chi connectivity index (χ4v) is 3.84. The predicted molar refractivity (Wildman–Crippen MR) is 102 cm³/mol. The number of aromatic nitrogens is 1. The van der Waals surface area contributed by atoms with E-state index in [9.17, 15) is 17.6 Å². The van der Waals surface area contributed by atoms with E-state index in [0.29, 0.717) is 55.8 Å². The van der Waals surface area contributed by atoms with Gasteiger partial charge in [-0.05, 0) is 12.1 Å². The molecule has 1 aliphatic rings. The highest BCUT2D eigenvalue weighted by Gasteiger charge is 2.33. The van der Waals surface area contributed by atoms with Crippen molar-refractivity contribution in [2.24, 2.45) is 4.99 Å². The SMILES string of the molecule is CN=C(NCCc1nc(C(F)(F)F)cs1)N1CCN(c2ccccc2F)CC1. The number of rotatable bonds is 4. The van der Waals surface area contributed by atoms with Crippen LogP contribution in [0.25, 0.3) is 0 Å². The maximum absolute atomic E-state index is 13.9. The van der Waals surface area contributed by atoms with Crippen molar-refractivity contribution in [1.82, 2.24) is 15.2 Å². The number of guanidine groups is 1. The molecule has 0 aliphatic carbocycles. The number of nitrogens with one attached hydrogen (secondary N) is 1. The molecule has 28 heavy (non-hydrogen) atoms. The van der Waals surface area contributed by atoms with Crippen LogP contribution in [0.2, 0.25) is 0 Å². The van der Waals surface area contributed by atoms with Gasteiger partial charge in [0.2, 0.25) is 0 Å². The molecule has 1 N–H and O–H groups in total. The van der Waals surface area contributed by atoms with Gasteiger partial charge in [0.05, 0.1) is 10.7 Å². The minimum atomic E-state index is -4.41. The van der Waals surface area contributed by atoms with Crippen LogP contribution in [0.1, 0.15) is 10.7 Å². The average Bonchev–Trinajstić information content (AvgIpc) is 3.15. The maximum Gasteiger partial charge on any atom is 0.434 e. The zero-order valence-electron chi connectivity index (χ0n) is 15.3. The first-order valence-electron chi connectivity index (χ1n) is 8.85. The van der Waals surface area contributed by atoms with Gasteiger partial charge in [-0.3, -0.25) is 4.99 Å². The highest BCUT2D eigenvalue weighted by Crippen LogP contribution is 2.30. The number of aliphatic imine (C=N–C) groups is 1. The minimum Gasteiger partial charge on any atom is -0.366 e. The Morgan fingerprint density at radius 2 is 1.93 bits per heavy atom. The average molecular weight is 415 g/mol. The lowest BCUT2D eigenvalue weighted by atomic mass is 10.2. The second-order valence-electron chi connectivity index (χ2n) is 6.27. The molecule has 0 saturated carbocycles. The number of halogens is 4. The van der Waals surface area contributed by atoms with Crippen molar-refractivity contribution in [1.29, 1.82) is 0 Å². The molecule has 2 heterocycles. The van der Waals surface area contributed by atoms with Gasteiger partial charge >= 0.3 is 6.18 Å². The van der Waals surface area contributed by atoms with Gasteiger partial charge < -0.3 is 15.1 Å². The molecular weight excluding hydrogens is 394 g/mol. The van der Waals surface area contributed by atoms with E-state index in [0.717, 1.165) is 16.7 Å². The largest absolute Gasteiger partial charge is 0.434 e. The summed E-state index contributed by atoms with van der Waals surface area (Å²) in [5.74, 6) is 0.445. The van der Waals surface area contributed by atoms with Crippen LogP contribution in [-0.2, 0) is 12.6 Å². The molecule has 152 valence electrons. The summed E-state index contributed by atoms with van der Waals surface area (Å²) in [6.07, 6.45) is -4.02. The molecule has 3 rings (SSSR count). The van der Waals surface area contributed by atoms with Gasteiger partial charge in [-0.25, -0.2) is 9.37 Å². The summed E-state index contributed by atoms with van der Waals surface area (Å²) >= 11 is 1.00. The highest BCUT2D eigenvalue weighted by atomic mass is 32.1. The Labute approximate surface area is 164 Å². The third-order valence-corrected chi connectivity index (χ3v) is 5.36. The lowest BCUT2D eigenvalue weighted by Gasteiger charge is -2.37. The number of nitrogens with zero attached hydrogens (tertiary/aromatic N) is 4. The van der Waals surface area contributed by atoms with E-state index in [1.807, 2.05) is 11.0 Å². The Hall–Kier alpha value is -2.36. The van der Waals surface area contributed by atoms with Crippen LogP contribution in [0, 0.1) is 5.82 Å². The molecule has 0 bridgehead atoms. The summed E-state index contributed by atoms with van der Waals surface area (Å²) < 4.78 is 51.7. The van der Waals surface area contributed by atoms with Gasteiger partial charge in [0.1, 0.15) is 5.82 Å². The normalized spacial score (nSPS) is 15.8. The molecule has 0 unspecified atom stereocenters. The molecule has 1 aromatic carbocycles. The van der Waals surface area contributed by atoms with E-state index in [1.165, 1.54) is 6.07 Å². The van der Waals surface area contributed by atoms with Gasteiger partial charge in [-0.15, -0.1) is 11.3 Å². The number of thiazole rings is 1. The van der Waals surface area contributed by atoms with Gasteiger partial charge in [-0.1, -0.05) is 12.1 Å². The van der Waals surface area contributed by atoms with Crippen molar-refractivity contribution in [3.05, 3.63) is 46.2 Å². The summed E-state index contributed by atoms with van der Waals surface area (Å²) in [4.78, 5) is 11.9. The van der Waals surface area contributed by atoms with Crippen molar-refractivity contribution >= 4 is 23.0 Å². The molecule has 1 fully saturated rings. The van der Waals surface area contributed by atoms with Crippen LogP contribution >= 0.6 is 11.3 Å². The molecule has 1 aliphatic heterocycles. The third kappa shape index (κ3) is 4.92. The fourth-order valence-electron chi connectivity index (χ4n) is 3.04. The maximum atomic E-state index is 13.9. The molecule has 0 spiro atoms. The number of benzene rings is 1. The van der Waals surface area contributed by atoms with Crippen LogP contribution in [0.3, 0.4) is 0 Å². The monoisotopic (exact) mass is 415 g/mol. The highest BCUT2D eigenvalue weighted by molar-refractivity contribution is 7.09. The molecule has 2 aromatic rings. The van der Waals surface area contributed by atoms with Crippen molar-refractivity contribution in [3.8, 4) is 0 Å². The van der Waals surface area contributed by atoms with E-state index in [1.54, 1.807) is 19.2 Å². The van der Waals surface area contributed by atoms with Crippen LogP contribution in [-0.4, -0.2) is 55.6 Å². The van der Waals surface area contributed by atoms with Gasteiger partial charge in [0.25, 0.3) is 0 Å². The number of alkyl halides is 3. The molecule has 0 atom stereocenters. The molecule has 0 radical (unpaired) electrons. The zero-order chi connectivity index (χ0) is 20.1. The van der Waals surface area contributed by atoms with E-state index < -0.39 is 11.9 Å². The summed E-state index contributed by atoms with van der Waals surface area (Å²) in [5.41, 5.74) is -0.254. The summed E-state index contributed by atoms with van der Waals surface area (Å²) in [5, 5.41) is 4.63. The van der Waals surface area contributed by atoms with Crippen molar-refractivity contribution in [2.45, 2.75) is 12.6 Å². The van der Waals surface area contributed by atoms with Crippen molar-refractivity contribution < 1.29 is 17.6 Å². The molecule has 1 aromatic heterocycles. The van der Waals surface area contributed by atoms with Gasteiger partial charge in [0, 0.05) is 51.6 Å². The zero-order valence-corrected chi connectivity index (χ0v) is 16.2. The quantitative estimate of drug-likeness (QED) is 0.473. The van der Waals surface area contributed by atoms with E-state index in [2.05, 4.69) is 20.2 Å². The lowest BCUT2D eigenvalue weighted by molar-refractivity contribution is -0.140. The first-order valence-corrected chi connectivity index (χ1v) is 9.73. The van der Waals surface area contributed by atoms with E-state index >= 15 is 0 Å². The number of hydrogen-bond donors (Lipinski definition) is 1. The molecular formula is C18H21F4N5S. The fraction of sp³-hybridized carbons (Fsp3) is 0.444. The Morgan fingerprint density at radius 1 is 1.21 bits per heavy atom. The van der Waals surface area contributed by atoms with Gasteiger partial charge in [-0.2, -0.15) is 13.2 Å². The Bertz CT molecular complexity index is 812. The second kappa shape index (κ2) is 8.76. The summed E-state index contributed by atoms with van der Waals surface area (Å²) in [7, 11) is 1.66. The summed E-state index contributed by atoms with van der Waals surface area (Å²) in [6, 6.07) is 6.70. The summed E-state index contributed by atoms with van der Waals surface area (Å²) in [6.45, 7) is 3.09. The minimum absolute atomic E-state index is 0.236. The van der Waals surface area contributed by atoms with Crippen LogP contribution in [0.15, 0.2) is 34.6 Å². The number of para-hydroxylation sites is 1. The van der Waals surface area contributed by atoms with E-state index in [4.69, 9.17) is 0 Å². The Morgan fingerprint density at radius 3 is 2.54 bits per heavy atom. The number of hydrogen-bond acceptors (Lipinski definition) is 4. The first kappa shape index (κ1) is 20.4. The number of piperazine rings is 1. The van der Waals surface area contributed by atoms with Gasteiger partial charge in [0.15, 0.2) is 11.7 Å². The molecule has 0 amide bonds. The standard InChI is InChI=1S/C18H21F4N5S/c1-23-17(24-7-6-16-25-15(12-28-16)18(20,21)22)27-10-8-26(9-11-27)14-5-3-2-4-13(14)19/h2-5,12H,6-11H2,1H3,(H,23,24). The first-order chi connectivity index (χ1) is 13.4. The predicted octanol–water partition coefficient (Wildman–Crippen LogP) is 3.24. The number of anilines is 1. The topological polar surface area (TPSA) is 43.8 Å². The molecule has 5 nitrogen and oxygen atoms in total. The van der Waals surface area contributed by atoms with Crippen LogP contribution in [0.5, 0.6) is 0 Å². The Balaban J connectivity index is 1.49. The van der Waals surface area contributed by atoms with Crippen LogP contribution < -0.4 is 10.2 Å². The lowest BCUT2D eigenvalue weighted by Crippen LogP contribution is -2.53. The molecule has 10 heteroatoms. The van der Waals surface area contributed by atoms with Crippen molar-refractivity contribution in [3.63, 3.8) is 0 Å². The third-order valence-electron chi connectivity index (χ3n) is 4.45.